The van der Waals surface area contributed by atoms with Crippen molar-refractivity contribution in [3.63, 3.8) is 0 Å². The zero-order valence-electron chi connectivity index (χ0n) is 9.86. The predicted molar refractivity (Wildman–Crippen MR) is 61.2 cm³/mol. The zero-order chi connectivity index (χ0) is 12.3. The Bertz CT molecular complexity index is 387. The van der Waals surface area contributed by atoms with Crippen LogP contribution in [-0.2, 0) is 9.53 Å². The van der Waals surface area contributed by atoms with E-state index in [9.17, 15) is 4.79 Å². The SMILES string of the molecule is COc1cccc(OC)c1C1CNC(=O)CO1. The normalized spacial score (nSPS) is 19.6. The molecule has 1 aliphatic heterocycles. The third kappa shape index (κ3) is 2.34. The topological polar surface area (TPSA) is 56.8 Å². The Labute approximate surface area is 99.7 Å². The molecule has 0 aromatic heterocycles. The van der Waals surface area contributed by atoms with Crippen molar-refractivity contribution in [3.8, 4) is 11.5 Å². The molecule has 1 N–H and O–H groups in total. The van der Waals surface area contributed by atoms with E-state index in [0.717, 1.165) is 5.56 Å². The van der Waals surface area contributed by atoms with Crippen molar-refractivity contribution in [1.82, 2.24) is 5.32 Å². The second kappa shape index (κ2) is 5.05. The standard InChI is InChI=1S/C12H15NO4/c1-15-8-4-3-5-9(16-2)12(8)10-6-13-11(14)7-17-10/h3-5,10H,6-7H2,1-2H3,(H,13,14). The Morgan fingerprint density at radius 2 is 1.94 bits per heavy atom. The van der Waals surface area contributed by atoms with Gasteiger partial charge in [-0.25, -0.2) is 0 Å². The lowest BCUT2D eigenvalue weighted by molar-refractivity contribution is -0.133. The van der Waals surface area contributed by atoms with E-state index in [0.29, 0.717) is 18.0 Å². The number of ether oxygens (including phenoxy) is 3. The molecule has 5 nitrogen and oxygen atoms in total. The number of rotatable bonds is 3. The fraction of sp³-hybridized carbons (Fsp3) is 0.417. The number of benzene rings is 1. The lowest BCUT2D eigenvalue weighted by atomic mass is 10.1. The number of carbonyl (C=O) groups excluding carboxylic acids is 1. The largest absolute Gasteiger partial charge is 0.496 e. The fourth-order valence-electron chi connectivity index (χ4n) is 1.88. The average molecular weight is 237 g/mol. The van der Waals surface area contributed by atoms with Crippen LogP contribution in [0.3, 0.4) is 0 Å². The first-order valence-electron chi connectivity index (χ1n) is 5.35. The highest BCUT2D eigenvalue weighted by molar-refractivity contribution is 5.78. The molecule has 17 heavy (non-hydrogen) atoms. The summed E-state index contributed by atoms with van der Waals surface area (Å²) in [4.78, 5) is 11.1. The lowest BCUT2D eigenvalue weighted by Gasteiger charge is -2.26. The van der Waals surface area contributed by atoms with Crippen LogP contribution >= 0.6 is 0 Å². The van der Waals surface area contributed by atoms with E-state index in [1.807, 2.05) is 18.2 Å². The highest BCUT2D eigenvalue weighted by Gasteiger charge is 2.26. The van der Waals surface area contributed by atoms with Gasteiger partial charge in [-0.2, -0.15) is 0 Å². The maximum atomic E-state index is 11.1. The molecular weight excluding hydrogens is 222 g/mol. The molecule has 1 unspecified atom stereocenters. The summed E-state index contributed by atoms with van der Waals surface area (Å²) in [7, 11) is 3.19. The molecule has 1 aromatic rings. The zero-order valence-corrected chi connectivity index (χ0v) is 9.86. The number of amides is 1. The van der Waals surface area contributed by atoms with E-state index in [4.69, 9.17) is 14.2 Å². The Hall–Kier alpha value is -1.75. The highest BCUT2D eigenvalue weighted by Crippen LogP contribution is 2.36. The molecule has 0 saturated carbocycles. The minimum Gasteiger partial charge on any atom is -0.496 e. The van der Waals surface area contributed by atoms with Crippen molar-refractivity contribution in [2.75, 3.05) is 27.4 Å². The molecule has 0 spiro atoms. The van der Waals surface area contributed by atoms with Gasteiger partial charge in [0.2, 0.25) is 5.91 Å². The summed E-state index contributed by atoms with van der Waals surface area (Å²) < 4.78 is 16.1. The van der Waals surface area contributed by atoms with Crippen LogP contribution in [0.5, 0.6) is 11.5 Å². The molecule has 1 aliphatic rings. The summed E-state index contributed by atoms with van der Waals surface area (Å²) in [5.74, 6) is 1.30. The van der Waals surface area contributed by atoms with Crippen LogP contribution in [0.2, 0.25) is 0 Å². The van der Waals surface area contributed by atoms with Crippen LogP contribution < -0.4 is 14.8 Å². The molecular formula is C12H15NO4. The number of carbonyl (C=O) groups is 1. The van der Waals surface area contributed by atoms with Crippen LogP contribution in [-0.4, -0.2) is 33.3 Å². The number of nitrogens with one attached hydrogen (secondary N) is 1. The van der Waals surface area contributed by atoms with Gasteiger partial charge in [0, 0.05) is 6.54 Å². The van der Waals surface area contributed by atoms with Gasteiger partial charge in [-0.05, 0) is 12.1 Å². The van der Waals surface area contributed by atoms with Gasteiger partial charge < -0.3 is 19.5 Å². The summed E-state index contributed by atoms with van der Waals surface area (Å²) in [6.07, 6.45) is -0.237. The number of methoxy groups -OCH3 is 2. The first-order valence-corrected chi connectivity index (χ1v) is 5.35. The van der Waals surface area contributed by atoms with E-state index < -0.39 is 0 Å². The van der Waals surface area contributed by atoms with E-state index in [1.165, 1.54) is 0 Å². The van der Waals surface area contributed by atoms with Crippen LogP contribution in [0, 0.1) is 0 Å². The van der Waals surface area contributed by atoms with Gasteiger partial charge in [-0.15, -0.1) is 0 Å². The molecule has 1 aromatic carbocycles. The van der Waals surface area contributed by atoms with Gasteiger partial charge in [0.1, 0.15) is 24.2 Å². The minimum atomic E-state index is -0.237. The average Bonchev–Trinajstić information content (AvgIpc) is 2.38. The van der Waals surface area contributed by atoms with E-state index in [1.54, 1.807) is 14.2 Å². The van der Waals surface area contributed by atoms with Crippen molar-refractivity contribution in [3.05, 3.63) is 23.8 Å². The van der Waals surface area contributed by atoms with Crippen LogP contribution in [0.25, 0.3) is 0 Å². The molecule has 1 fully saturated rings. The maximum Gasteiger partial charge on any atom is 0.246 e. The first-order chi connectivity index (χ1) is 8.26. The van der Waals surface area contributed by atoms with Crippen LogP contribution in [0.15, 0.2) is 18.2 Å². The molecule has 2 rings (SSSR count). The van der Waals surface area contributed by atoms with Crippen molar-refractivity contribution < 1.29 is 19.0 Å². The molecule has 0 aliphatic carbocycles. The van der Waals surface area contributed by atoms with E-state index in [-0.39, 0.29) is 18.6 Å². The predicted octanol–water partition coefficient (Wildman–Crippen LogP) is 0.891. The molecule has 0 bridgehead atoms. The van der Waals surface area contributed by atoms with Gasteiger partial charge in [-0.1, -0.05) is 6.07 Å². The summed E-state index contributed by atoms with van der Waals surface area (Å²) in [5, 5.41) is 2.76. The minimum absolute atomic E-state index is 0.0614. The molecule has 1 saturated heterocycles. The third-order valence-electron chi connectivity index (χ3n) is 2.69. The van der Waals surface area contributed by atoms with E-state index in [2.05, 4.69) is 5.32 Å². The fourth-order valence-corrected chi connectivity index (χ4v) is 1.88. The van der Waals surface area contributed by atoms with Crippen LogP contribution in [0.1, 0.15) is 11.7 Å². The van der Waals surface area contributed by atoms with Crippen LogP contribution in [0.4, 0.5) is 0 Å². The Morgan fingerprint density at radius 3 is 2.41 bits per heavy atom. The van der Waals surface area contributed by atoms with Crippen molar-refractivity contribution in [2.45, 2.75) is 6.10 Å². The first kappa shape index (κ1) is 11.7. The van der Waals surface area contributed by atoms with Gasteiger partial charge >= 0.3 is 0 Å². The van der Waals surface area contributed by atoms with Gasteiger partial charge in [0.15, 0.2) is 0 Å². The van der Waals surface area contributed by atoms with Gasteiger partial charge in [-0.3, -0.25) is 4.79 Å². The van der Waals surface area contributed by atoms with E-state index >= 15 is 0 Å². The molecule has 1 amide bonds. The highest BCUT2D eigenvalue weighted by atomic mass is 16.5. The van der Waals surface area contributed by atoms with Crippen molar-refractivity contribution in [1.29, 1.82) is 0 Å². The molecule has 5 heteroatoms. The number of hydrogen-bond acceptors (Lipinski definition) is 4. The van der Waals surface area contributed by atoms with Crippen molar-refractivity contribution >= 4 is 5.91 Å². The van der Waals surface area contributed by atoms with Gasteiger partial charge in [0.25, 0.3) is 0 Å². The smallest absolute Gasteiger partial charge is 0.246 e. The van der Waals surface area contributed by atoms with Crippen molar-refractivity contribution in [2.24, 2.45) is 0 Å². The Balaban J connectivity index is 2.32. The quantitative estimate of drug-likeness (QED) is 0.848. The summed E-state index contributed by atoms with van der Waals surface area (Å²) >= 11 is 0. The monoisotopic (exact) mass is 237 g/mol. The molecule has 1 atom stereocenters. The second-order valence-corrected chi connectivity index (χ2v) is 3.68. The number of morpholine rings is 1. The maximum absolute atomic E-state index is 11.1. The summed E-state index contributed by atoms with van der Waals surface area (Å²) in [6.45, 7) is 0.488. The Morgan fingerprint density at radius 1 is 1.29 bits per heavy atom. The summed E-state index contributed by atoms with van der Waals surface area (Å²) in [5.41, 5.74) is 0.831. The Kier molecular flexibility index (Phi) is 3.49. The third-order valence-corrected chi connectivity index (χ3v) is 2.69. The number of hydrogen-bond donors (Lipinski definition) is 1. The summed E-state index contributed by atoms with van der Waals surface area (Å²) in [6, 6.07) is 5.54. The molecule has 92 valence electrons. The molecule has 1 heterocycles. The van der Waals surface area contributed by atoms with Gasteiger partial charge in [0.05, 0.1) is 19.8 Å². The lowest BCUT2D eigenvalue weighted by Crippen LogP contribution is -2.38. The second-order valence-electron chi connectivity index (χ2n) is 3.68. The molecule has 0 radical (unpaired) electrons.